The average Bonchev–Trinajstić information content (AvgIpc) is 2.99. The number of ether oxygens (including phenoxy) is 1. The second kappa shape index (κ2) is 15.3. The van der Waals surface area contributed by atoms with Crippen molar-refractivity contribution in [1.29, 1.82) is 0 Å². The van der Waals surface area contributed by atoms with Crippen LogP contribution in [0, 0.1) is 0 Å². The fourth-order valence-electron chi connectivity index (χ4n) is 5.85. The van der Waals surface area contributed by atoms with Crippen molar-refractivity contribution in [1.82, 2.24) is 14.7 Å². The number of piperazine rings is 1. The largest absolute Gasteiger partial charge is 0.416 e. The Morgan fingerprint density at radius 1 is 0.844 bits per heavy atom. The quantitative estimate of drug-likeness (QED) is 0.306. The van der Waals surface area contributed by atoms with E-state index in [0.29, 0.717) is 57.8 Å². The van der Waals surface area contributed by atoms with Crippen molar-refractivity contribution in [2.24, 2.45) is 5.73 Å². The van der Waals surface area contributed by atoms with E-state index in [1.54, 1.807) is 0 Å². The number of alkyl halides is 6. The number of carbonyl (C=O) groups is 1. The Kier molecular flexibility index (Phi) is 12.5. The van der Waals surface area contributed by atoms with E-state index in [-0.39, 0.29) is 43.6 Å². The minimum absolute atomic E-state index is 0. The highest BCUT2D eigenvalue weighted by Gasteiger charge is 2.39. The molecule has 2 N–H and O–H groups in total. The van der Waals surface area contributed by atoms with Crippen LogP contribution < -0.4 is 5.73 Å². The molecule has 2 aliphatic rings. The van der Waals surface area contributed by atoms with Gasteiger partial charge in [0.2, 0.25) is 0 Å². The van der Waals surface area contributed by atoms with Gasteiger partial charge in [0.25, 0.3) is 5.91 Å². The third kappa shape index (κ3) is 9.24. The number of benzene rings is 3. The number of nitrogens with two attached hydrogens (primary N) is 1. The second-order valence-corrected chi connectivity index (χ2v) is 11.1. The molecule has 2 atom stereocenters. The smallest absolute Gasteiger partial charge is 0.379 e. The van der Waals surface area contributed by atoms with Gasteiger partial charge in [0.05, 0.1) is 30.5 Å². The second-order valence-electron chi connectivity index (χ2n) is 11.1. The van der Waals surface area contributed by atoms with E-state index in [0.717, 1.165) is 29.4 Å². The fourth-order valence-corrected chi connectivity index (χ4v) is 5.85. The maximum absolute atomic E-state index is 13.7. The van der Waals surface area contributed by atoms with Crippen LogP contribution >= 0.6 is 24.8 Å². The van der Waals surface area contributed by atoms with Crippen LogP contribution in [-0.2, 0) is 23.5 Å². The van der Waals surface area contributed by atoms with Gasteiger partial charge in [-0.15, -0.1) is 24.8 Å². The lowest BCUT2D eigenvalue weighted by atomic mass is 9.97. The number of halogens is 8. The monoisotopic (exact) mass is 680 g/mol. The van der Waals surface area contributed by atoms with Gasteiger partial charge >= 0.3 is 12.4 Å². The molecule has 0 bridgehead atoms. The molecule has 2 heterocycles. The number of fused-ring (bicyclic) bond motifs is 1. The predicted molar refractivity (Wildman–Crippen MR) is 165 cm³/mol. The minimum atomic E-state index is -5.04. The standard InChI is InChI=1S/C31H34F6N4O2.2ClH/c32-30(33,34)25-17-24(18-26(19-25)31(35,36)37)29(42)41-10-9-39(8-7-28(38)40-11-13-43-14-12-40)20-27(41)16-21-5-6-22-3-1-2-4-23(22)15-21;;/h1-6,15,17-19,27-28H,7-14,16,20,38H2;2*1H/t27-,28?;;/m1../s1. The minimum Gasteiger partial charge on any atom is -0.379 e. The Bertz CT molecular complexity index is 1400. The summed E-state index contributed by atoms with van der Waals surface area (Å²) in [5.74, 6) is -0.855. The van der Waals surface area contributed by atoms with Crippen molar-refractivity contribution in [2.75, 3.05) is 52.5 Å². The van der Waals surface area contributed by atoms with Gasteiger partial charge in [-0.2, -0.15) is 26.3 Å². The van der Waals surface area contributed by atoms with Gasteiger partial charge < -0.3 is 15.4 Å². The average molecular weight is 682 g/mol. The van der Waals surface area contributed by atoms with Gasteiger partial charge in [0.1, 0.15) is 0 Å². The van der Waals surface area contributed by atoms with E-state index in [9.17, 15) is 31.1 Å². The summed E-state index contributed by atoms with van der Waals surface area (Å²) in [6.07, 6.45) is -9.21. The molecule has 0 spiro atoms. The van der Waals surface area contributed by atoms with Gasteiger partial charge in [-0.25, -0.2) is 0 Å². The van der Waals surface area contributed by atoms with E-state index in [4.69, 9.17) is 10.5 Å². The van der Waals surface area contributed by atoms with E-state index >= 15 is 0 Å². The first-order valence-electron chi connectivity index (χ1n) is 14.3. The first-order valence-corrected chi connectivity index (χ1v) is 14.3. The van der Waals surface area contributed by atoms with Gasteiger partial charge in [-0.05, 0) is 47.4 Å². The molecule has 45 heavy (non-hydrogen) atoms. The van der Waals surface area contributed by atoms with Crippen molar-refractivity contribution in [3.8, 4) is 0 Å². The van der Waals surface area contributed by atoms with E-state index < -0.39 is 41.0 Å². The molecule has 248 valence electrons. The van der Waals surface area contributed by atoms with Crippen LogP contribution in [0.1, 0.15) is 33.5 Å². The molecular formula is C31H36Cl2F6N4O2. The summed E-state index contributed by atoms with van der Waals surface area (Å²) < 4.78 is 86.7. The first-order chi connectivity index (χ1) is 20.4. The highest BCUT2D eigenvalue weighted by Crippen LogP contribution is 2.37. The van der Waals surface area contributed by atoms with Gasteiger partial charge in [0, 0.05) is 50.9 Å². The summed E-state index contributed by atoms with van der Waals surface area (Å²) in [7, 11) is 0. The molecule has 0 aliphatic carbocycles. The summed E-state index contributed by atoms with van der Waals surface area (Å²) in [6, 6.07) is 14.2. The summed E-state index contributed by atoms with van der Waals surface area (Å²) >= 11 is 0. The molecule has 14 heteroatoms. The normalized spacial score (nSPS) is 19.1. The highest BCUT2D eigenvalue weighted by atomic mass is 35.5. The van der Waals surface area contributed by atoms with Crippen LogP contribution in [-0.4, -0.2) is 85.3 Å². The van der Waals surface area contributed by atoms with Crippen molar-refractivity contribution in [2.45, 2.75) is 37.4 Å². The molecule has 2 saturated heterocycles. The maximum Gasteiger partial charge on any atom is 0.416 e. The van der Waals surface area contributed by atoms with Crippen LogP contribution in [0.2, 0.25) is 0 Å². The number of amides is 1. The number of nitrogens with zero attached hydrogens (tertiary/aromatic N) is 3. The summed E-state index contributed by atoms with van der Waals surface area (Å²) in [6.45, 7) is 4.33. The molecule has 3 aromatic rings. The van der Waals surface area contributed by atoms with Gasteiger partial charge in [-0.3, -0.25) is 14.6 Å². The number of morpholine rings is 1. The topological polar surface area (TPSA) is 62.0 Å². The molecule has 2 aliphatic heterocycles. The molecule has 3 aromatic carbocycles. The molecule has 5 rings (SSSR count). The Labute approximate surface area is 270 Å². The summed E-state index contributed by atoms with van der Waals surface area (Å²) in [4.78, 5) is 19.4. The zero-order valence-corrected chi connectivity index (χ0v) is 26.0. The molecule has 1 amide bonds. The van der Waals surface area contributed by atoms with E-state index in [1.165, 1.54) is 4.90 Å². The molecule has 2 fully saturated rings. The third-order valence-electron chi connectivity index (χ3n) is 8.20. The van der Waals surface area contributed by atoms with Crippen LogP contribution in [0.25, 0.3) is 10.8 Å². The van der Waals surface area contributed by atoms with Crippen molar-refractivity contribution in [3.05, 3.63) is 82.9 Å². The highest BCUT2D eigenvalue weighted by molar-refractivity contribution is 5.95. The van der Waals surface area contributed by atoms with Crippen molar-refractivity contribution >= 4 is 41.5 Å². The third-order valence-corrected chi connectivity index (χ3v) is 8.20. The SMILES string of the molecule is Cl.Cl.NC(CCN1CCN(C(=O)c2cc(C(F)(F)F)cc(C(F)(F)F)c2)[C@H](Cc2ccc3ccccc3c2)C1)N1CCOCC1. The van der Waals surface area contributed by atoms with Gasteiger partial charge in [0.15, 0.2) is 0 Å². The molecule has 0 saturated carbocycles. The predicted octanol–water partition coefficient (Wildman–Crippen LogP) is 6.10. The lowest BCUT2D eigenvalue weighted by molar-refractivity contribution is -0.143. The number of carbonyl (C=O) groups excluding carboxylic acids is 1. The molecular weight excluding hydrogens is 645 g/mol. The molecule has 0 radical (unpaired) electrons. The Morgan fingerprint density at radius 3 is 2.09 bits per heavy atom. The number of hydrogen-bond donors (Lipinski definition) is 1. The van der Waals surface area contributed by atoms with E-state index in [2.05, 4.69) is 9.80 Å². The zero-order valence-electron chi connectivity index (χ0n) is 24.3. The summed E-state index contributed by atoms with van der Waals surface area (Å²) in [5.41, 5.74) is 3.69. The number of rotatable bonds is 7. The van der Waals surface area contributed by atoms with Crippen molar-refractivity contribution in [3.63, 3.8) is 0 Å². The summed E-state index contributed by atoms with van der Waals surface area (Å²) in [5, 5.41) is 2.03. The molecule has 0 aromatic heterocycles. The molecule has 1 unspecified atom stereocenters. The lowest BCUT2D eigenvalue weighted by Crippen LogP contribution is -2.57. The fraction of sp³-hybridized carbons (Fsp3) is 0.452. The first kappa shape index (κ1) is 36.9. The van der Waals surface area contributed by atoms with Crippen LogP contribution in [0.4, 0.5) is 26.3 Å². The Balaban J connectivity index is 0.00000276. The Morgan fingerprint density at radius 2 is 1.47 bits per heavy atom. The zero-order chi connectivity index (χ0) is 30.8. The van der Waals surface area contributed by atoms with Crippen molar-refractivity contribution < 1.29 is 35.9 Å². The number of hydrogen-bond acceptors (Lipinski definition) is 5. The van der Waals surface area contributed by atoms with Crippen LogP contribution in [0.15, 0.2) is 60.7 Å². The lowest BCUT2D eigenvalue weighted by Gasteiger charge is -2.42. The van der Waals surface area contributed by atoms with E-state index in [1.807, 2.05) is 42.5 Å². The van der Waals surface area contributed by atoms with Crippen LogP contribution in [0.5, 0.6) is 0 Å². The molecule has 6 nitrogen and oxygen atoms in total. The van der Waals surface area contributed by atoms with Gasteiger partial charge in [-0.1, -0.05) is 42.5 Å². The maximum atomic E-state index is 13.7. The van der Waals surface area contributed by atoms with Crippen LogP contribution in [0.3, 0.4) is 0 Å². The Hall–Kier alpha value is -2.61.